The Bertz CT molecular complexity index is 474. The number of hydrogen-bond acceptors (Lipinski definition) is 2. The summed E-state index contributed by atoms with van der Waals surface area (Å²) in [5.74, 6) is -2.11. The molecule has 1 aliphatic heterocycles. The number of halogens is 3. The highest BCUT2D eigenvalue weighted by Crippen LogP contribution is 2.22. The van der Waals surface area contributed by atoms with E-state index in [9.17, 15) is 13.6 Å². The molecule has 0 aromatic heterocycles. The van der Waals surface area contributed by atoms with E-state index in [1.165, 1.54) is 12.1 Å². The van der Waals surface area contributed by atoms with E-state index in [-0.39, 0.29) is 24.0 Å². The fraction of sp³-hybridized carbons (Fsp3) is 0.500. The molecule has 3 nitrogen and oxygen atoms in total. The van der Waals surface area contributed by atoms with Gasteiger partial charge in [0.2, 0.25) is 0 Å². The zero-order chi connectivity index (χ0) is 14.0. The number of piperidine rings is 1. The highest BCUT2D eigenvalue weighted by Gasteiger charge is 2.27. The summed E-state index contributed by atoms with van der Waals surface area (Å²) >= 11 is 0. The van der Waals surface area contributed by atoms with E-state index < -0.39 is 17.5 Å². The second kappa shape index (κ2) is 6.99. The van der Waals surface area contributed by atoms with Gasteiger partial charge in [-0.2, -0.15) is 0 Å². The maximum absolute atomic E-state index is 13.6. The molecule has 6 heteroatoms. The van der Waals surface area contributed by atoms with Gasteiger partial charge in [-0.25, -0.2) is 8.78 Å². The highest BCUT2D eigenvalue weighted by molar-refractivity contribution is 5.94. The number of nitrogens with zero attached hydrogens (tertiary/aromatic N) is 1. The number of benzene rings is 1. The summed E-state index contributed by atoms with van der Waals surface area (Å²) in [7, 11) is 0. The Morgan fingerprint density at radius 1 is 1.35 bits per heavy atom. The molecule has 2 rings (SSSR count). The van der Waals surface area contributed by atoms with Gasteiger partial charge in [0, 0.05) is 19.1 Å². The lowest BCUT2D eigenvalue weighted by molar-refractivity contribution is 0.0675. The van der Waals surface area contributed by atoms with E-state index in [1.807, 2.05) is 6.92 Å². The molecule has 1 fully saturated rings. The lowest BCUT2D eigenvalue weighted by Gasteiger charge is -2.33. The third-order valence-corrected chi connectivity index (χ3v) is 3.75. The van der Waals surface area contributed by atoms with Crippen molar-refractivity contribution in [2.24, 2.45) is 11.7 Å². The first-order chi connectivity index (χ1) is 9.00. The Balaban J connectivity index is 0.00000200. The Morgan fingerprint density at radius 3 is 2.50 bits per heavy atom. The first-order valence-corrected chi connectivity index (χ1v) is 6.49. The van der Waals surface area contributed by atoms with Crippen LogP contribution >= 0.6 is 12.4 Å². The van der Waals surface area contributed by atoms with Gasteiger partial charge < -0.3 is 10.6 Å². The van der Waals surface area contributed by atoms with E-state index in [0.717, 1.165) is 18.9 Å². The number of nitrogens with two attached hydrogens (primary N) is 1. The van der Waals surface area contributed by atoms with Crippen LogP contribution in [0.2, 0.25) is 0 Å². The molecule has 0 bridgehead atoms. The van der Waals surface area contributed by atoms with Gasteiger partial charge in [0.1, 0.15) is 0 Å². The SMILES string of the molecule is CC(N)C1CCN(C(=O)c2cccc(F)c2F)CC1.Cl. The van der Waals surface area contributed by atoms with Crippen molar-refractivity contribution in [3.05, 3.63) is 35.4 Å². The van der Waals surface area contributed by atoms with Gasteiger partial charge in [0.25, 0.3) is 5.91 Å². The Morgan fingerprint density at radius 2 is 1.95 bits per heavy atom. The van der Waals surface area contributed by atoms with Crippen LogP contribution in [0.5, 0.6) is 0 Å². The van der Waals surface area contributed by atoms with Crippen molar-refractivity contribution in [1.29, 1.82) is 0 Å². The van der Waals surface area contributed by atoms with Gasteiger partial charge >= 0.3 is 0 Å². The van der Waals surface area contributed by atoms with Crippen molar-refractivity contribution < 1.29 is 13.6 Å². The van der Waals surface area contributed by atoms with Crippen LogP contribution in [0, 0.1) is 17.6 Å². The number of rotatable bonds is 2. The molecule has 112 valence electrons. The quantitative estimate of drug-likeness (QED) is 0.913. The zero-order valence-corrected chi connectivity index (χ0v) is 12.1. The normalized spacial score (nSPS) is 17.5. The third kappa shape index (κ3) is 3.46. The summed E-state index contributed by atoms with van der Waals surface area (Å²) in [4.78, 5) is 13.7. The van der Waals surface area contributed by atoms with Crippen molar-refractivity contribution >= 4 is 18.3 Å². The Hall–Kier alpha value is -1.20. The summed E-state index contributed by atoms with van der Waals surface area (Å²) in [5, 5.41) is 0. The molecule has 1 aliphatic rings. The number of carbonyl (C=O) groups excluding carboxylic acids is 1. The predicted molar refractivity (Wildman–Crippen MR) is 75.9 cm³/mol. The standard InChI is InChI=1S/C14H18F2N2O.ClH/c1-9(17)10-5-7-18(8-6-10)14(19)11-3-2-4-12(15)13(11)16;/h2-4,9-10H,5-8,17H2,1H3;1H. The van der Waals surface area contributed by atoms with Crippen LogP contribution in [-0.2, 0) is 0 Å². The van der Waals surface area contributed by atoms with Crippen molar-refractivity contribution in [3.8, 4) is 0 Å². The van der Waals surface area contributed by atoms with E-state index in [2.05, 4.69) is 0 Å². The fourth-order valence-corrected chi connectivity index (χ4v) is 2.47. The highest BCUT2D eigenvalue weighted by atomic mass is 35.5. The van der Waals surface area contributed by atoms with Gasteiger partial charge in [-0.05, 0) is 37.8 Å². The largest absolute Gasteiger partial charge is 0.339 e. The first kappa shape index (κ1) is 16.9. The molecule has 1 aromatic carbocycles. The Kier molecular flexibility index (Phi) is 5.89. The summed E-state index contributed by atoms with van der Waals surface area (Å²) in [6, 6.07) is 3.77. The van der Waals surface area contributed by atoms with Crippen molar-refractivity contribution in [2.45, 2.75) is 25.8 Å². The van der Waals surface area contributed by atoms with Gasteiger partial charge in [0.15, 0.2) is 11.6 Å². The summed E-state index contributed by atoms with van der Waals surface area (Å²) in [6.45, 7) is 3.04. The molecule has 1 aromatic rings. The fourth-order valence-electron chi connectivity index (χ4n) is 2.47. The van der Waals surface area contributed by atoms with E-state index in [1.54, 1.807) is 4.90 Å². The zero-order valence-electron chi connectivity index (χ0n) is 11.3. The second-order valence-electron chi connectivity index (χ2n) is 5.09. The van der Waals surface area contributed by atoms with Gasteiger partial charge in [-0.3, -0.25) is 4.79 Å². The average molecular weight is 305 g/mol. The molecule has 1 amide bonds. The smallest absolute Gasteiger partial charge is 0.256 e. The van der Waals surface area contributed by atoms with Crippen LogP contribution < -0.4 is 5.73 Å². The number of likely N-dealkylation sites (tertiary alicyclic amines) is 1. The number of amides is 1. The minimum absolute atomic E-state index is 0. The maximum Gasteiger partial charge on any atom is 0.256 e. The lowest BCUT2D eigenvalue weighted by atomic mass is 9.90. The molecular weight excluding hydrogens is 286 g/mol. The van der Waals surface area contributed by atoms with Gasteiger partial charge in [-0.15, -0.1) is 12.4 Å². The van der Waals surface area contributed by atoms with Crippen LogP contribution in [0.3, 0.4) is 0 Å². The summed E-state index contributed by atoms with van der Waals surface area (Å²) in [5.41, 5.74) is 5.64. The monoisotopic (exact) mass is 304 g/mol. The van der Waals surface area contributed by atoms with Crippen LogP contribution in [0.1, 0.15) is 30.1 Å². The maximum atomic E-state index is 13.6. The van der Waals surface area contributed by atoms with Crippen molar-refractivity contribution in [3.63, 3.8) is 0 Å². The summed E-state index contributed by atoms with van der Waals surface area (Å²) < 4.78 is 26.7. The second-order valence-corrected chi connectivity index (χ2v) is 5.09. The number of hydrogen-bond donors (Lipinski definition) is 1. The Labute approximate surface area is 123 Å². The molecule has 0 aliphatic carbocycles. The molecule has 1 heterocycles. The van der Waals surface area contributed by atoms with Crippen LogP contribution in [0.15, 0.2) is 18.2 Å². The van der Waals surface area contributed by atoms with E-state index >= 15 is 0 Å². The molecule has 0 spiro atoms. The first-order valence-electron chi connectivity index (χ1n) is 6.49. The molecule has 0 radical (unpaired) electrons. The summed E-state index contributed by atoms with van der Waals surface area (Å²) in [6.07, 6.45) is 1.61. The minimum atomic E-state index is -1.07. The number of carbonyl (C=O) groups is 1. The van der Waals surface area contributed by atoms with Crippen LogP contribution in [0.4, 0.5) is 8.78 Å². The van der Waals surface area contributed by atoms with Crippen LogP contribution in [-0.4, -0.2) is 29.9 Å². The molecule has 1 saturated heterocycles. The topological polar surface area (TPSA) is 46.3 Å². The van der Waals surface area contributed by atoms with Gasteiger partial charge in [-0.1, -0.05) is 6.07 Å². The van der Waals surface area contributed by atoms with Crippen molar-refractivity contribution in [1.82, 2.24) is 4.90 Å². The minimum Gasteiger partial charge on any atom is -0.339 e. The molecular formula is C14H19ClF2N2O. The molecule has 20 heavy (non-hydrogen) atoms. The third-order valence-electron chi connectivity index (χ3n) is 3.75. The van der Waals surface area contributed by atoms with Crippen molar-refractivity contribution in [2.75, 3.05) is 13.1 Å². The predicted octanol–water partition coefficient (Wildman–Crippen LogP) is 2.59. The lowest BCUT2D eigenvalue weighted by Crippen LogP contribution is -2.42. The average Bonchev–Trinajstić information content (AvgIpc) is 2.41. The van der Waals surface area contributed by atoms with E-state index in [4.69, 9.17) is 5.73 Å². The molecule has 0 saturated carbocycles. The molecule has 1 atom stereocenters. The van der Waals surface area contributed by atoms with E-state index in [0.29, 0.717) is 19.0 Å². The molecule has 2 N–H and O–H groups in total. The molecule has 1 unspecified atom stereocenters. The van der Waals surface area contributed by atoms with Gasteiger partial charge in [0.05, 0.1) is 5.56 Å². The van der Waals surface area contributed by atoms with Crippen LogP contribution in [0.25, 0.3) is 0 Å².